The maximum absolute atomic E-state index is 11.9. The van der Waals surface area contributed by atoms with Gasteiger partial charge < -0.3 is 9.15 Å². The highest BCUT2D eigenvalue weighted by molar-refractivity contribution is 5.88. The van der Waals surface area contributed by atoms with Crippen molar-refractivity contribution in [2.75, 3.05) is 6.61 Å². The standard InChI is InChI=1S/C14H19N3O3/c1-5-19-14(18)12-11(8-9(2)3)15-13(20-12)10-6-7-17(4)16-10/h6-7,9H,5,8H2,1-4H3. The fourth-order valence-corrected chi connectivity index (χ4v) is 1.87. The van der Waals surface area contributed by atoms with E-state index < -0.39 is 5.97 Å². The molecule has 2 heterocycles. The first-order valence-corrected chi connectivity index (χ1v) is 6.68. The van der Waals surface area contributed by atoms with Gasteiger partial charge >= 0.3 is 5.97 Å². The SMILES string of the molecule is CCOC(=O)c1oc(-c2ccn(C)n2)nc1CC(C)C. The molecule has 0 spiro atoms. The predicted octanol–water partition coefficient (Wildman–Crippen LogP) is 2.45. The summed E-state index contributed by atoms with van der Waals surface area (Å²) in [7, 11) is 1.81. The van der Waals surface area contributed by atoms with Crippen LogP contribution < -0.4 is 0 Å². The molecule has 0 atom stereocenters. The van der Waals surface area contributed by atoms with Crippen LogP contribution >= 0.6 is 0 Å². The Balaban J connectivity index is 2.38. The zero-order valence-corrected chi connectivity index (χ0v) is 12.2. The van der Waals surface area contributed by atoms with Crippen molar-refractivity contribution in [1.82, 2.24) is 14.8 Å². The van der Waals surface area contributed by atoms with E-state index in [9.17, 15) is 4.79 Å². The molecule has 2 aromatic rings. The van der Waals surface area contributed by atoms with E-state index in [4.69, 9.17) is 9.15 Å². The van der Waals surface area contributed by atoms with Gasteiger partial charge in [-0.1, -0.05) is 13.8 Å². The summed E-state index contributed by atoms with van der Waals surface area (Å²) in [4.78, 5) is 16.3. The number of aryl methyl sites for hydroxylation is 1. The van der Waals surface area contributed by atoms with Crippen molar-refractivity contribution in [3.05, 3.63) is 23.7 Å². The Bertz CT molecular complexity index is 599. The number of hydrogen-bond donors (Lipinski definition) is 0. The van der Waals surface area contributed by atoms with Crippen molar-refractivity contribution < 1.29 is 13.9 Å². The molecule has 0 amide bonds. The first kappa shape index (κ1) is 14.3. The number of nitrogens with zero attached hydrogens (tertiary/aromatic N) is 3. The minimum atomic E-state index is -0.474. The van der Waals surface area contributed by atoms with Crippen LogP contribution in [0, 0.1) is 5.92 Å². The third-order valence-corrected chi connectivity index (χ3v) is 2.69. The van der Waals surface area contributed by atoms with Gasteiger partial charge in [-0.2, -0.15) is 5.10 Å². The van der Waals surface area contributed by atoms with Crippen LogP contribution in [0.1, 0.15) is 37.0 Å². The molecule has 2 rings (SSSR count). The third-order valence-electron chi connectivity index (χ3n) is 2.69. The van der Waals surface area contributed by atoms with E-state index in [-0.39, 0.29) is 5.76 Å². The molecular formula is C14H19N3O3. The quantitative estimate of drug-likeness (QED) is 0.785. The zero-order valence-electron chi connectivity index (χ0n) is 12.2. The first-order valence-electron chi connectivity index (χ1n) is 6.68. The lowest BCUT2D eigenvalue weighted by Crippen LogP contribution is -2.08. The van der Waals surface area contributed by atoms with E-state index in [0.29, 0.717) is 36.2 Å². The van der Waals surface area contributed by atoms with Crippen molar-refractivity contribution >= 4 is 5.97 Å². The van der Waals surface area contributed by atoms with Gasteiger partial charge in [-0.05, 0) is 25.3 Å². The molecule has 2 aromatic heterocycles. The summed E-state index contributed by atoms with van der Waals surface area (Å²) in [6, 6.07) is 1.79. The lowest BCUT2D eigenvalue weighted by Gasteiger charge is -2.02. The average Bonchev–Trinajstić information content (AvgIpc) is 2.95. The summed E-state index contributed by atoms with van der Waals surface area (Å²) in [6.45, 7) is 6.18. The molecule has 0 saturated heterocycles. The molecule has 108 valence electrons. The molecule has 20 heavy (non-hydrogen) atoms. The van der Waals surface area contributed by atoms with Crippen LogP contribution in [0.3, 0.4) is 0 Å². The number of ether oxygens (including phenoxy) is 1. The van der Waals surface area contributed by atoms with Crippen LogP contribution in [0.15, 0.2) is 16.7 Å². The predicted molar refractivity (Wildman–Crippen MR) is 73.2 cm³/mol. The van der Waals surface area contributed by atoms with Gasteiger partial charge in [-0.15, -0.1) is 0 Å². The molecule has 0 aliphatic rings. The lowest BCUT2D eigenvalue weighted by atomic mass is 10.1. The molecule has 0 N–H and O–H groups in total. The van der Waals surface area contributed by atoms with Gasteiger partial charge in [-0.3, -0.25) is 4.68 Å². The molecule has 0 saturated carbocycles. The normalized spacial score (nSPS) is 11.1. The molecule has 0 unspecified atom stereocenters. The highest BCUT2D eigenvalue weighted by Crippen LogP contribution is 2.23. The summed E-state index contributed by atoms with van der Waals surface area (Å²) < 4.78 is 12.2. The maximum atomic E-state index is 11.9. The number of aromatic nitrogens is 3. The summed E-state index contributed by atoms with van der Waals surface area (Å²) in [5.74, 6) is 0.424. The van der Waals surface area contributed by atoms with Crippen LogP contribution in [-0.4, -0.2) is 27.3 Å². The molecule has 0 aliphatic carbocycles. The summed E-state index contributed by atoms with van der Waals surface area (Å²) in [5.41, 5.74) is 1.23. The van der Waals surface area contributed by atoms with Crippen LogP contribution in [0.5, 0.6) is 0 Å². The van der Waals surface area contributed by atoms with Crippen molar-refractivity contribution in [2.24, 2.45) is 13.0 Å². The van der Waals surface area contributed by atoms with E-state index in [1.807, 2.05) is 7.05 Å². The van der Waals surface area contributed by atoms with Gasteiger partial charge in [0.05, 0.1) is 12.3 Å². The minimum Gasteiger partial charge on any atom is -0.460 e. The van der Waals surface area contributed by atoms with Crippen molar-refractivity contribution in [3.63, 3.8) is 0 Å². The highest BCUT2D eigenvalue weighted by atomic mass is 16.5. The zero-order chi connectivity index (χ0) is 14.7. The van der Waals surface area contributed by atoms with Crippen LogP contribution in [0.25, 0.3) is 11.6 Å². The molecule has 0 bridgehead atoms. The van der Waals surface area contributed by atoms with Gasteiger partial charge in [0, 0.05) is 13.2 Å². The first-order chi connectivity index (χ1) is 9.51. The second-order valence-electron chi connectivity index (χ2n) is 4.99. The van der Waals surface area contributed by atoms with Gasteiger partial charge in [0.1, 0.15) is 5.69 Å². The van der Waals surface area contributed by atoms with Crippen LogP contribution in [-0.2, 0) is 18.2 Å². The molecule has 6 heteroatoms. The van der Waals surface area contributed by atoms with E-state index in [1.165, 1.54) is 0 Å². The third kappa shape index (κ3) is 3.07. The van der Waals surface area contributed by atoms with E-state index >= 15 is 0 Å². The minimum absolute atomic E-state index is 0.182. The molecular weight excluding hydrogens is 258 g/mol. The molecule has 0 aliphatic heterocycles. The Kier molecular flexibility index (Phi) is 4.22. The van der Waals surface area contributed by atoms with Gasteiger partial charge in [0.15, 0.2) is 0 Å². The maximum Gasteiger partial charge on any atom is 0.376 e. The Morgan fingerprint density at radius 3 is 2.80 bits per heavy atom. The smallest absolute Gasteiger partial charge is 0.376 e. The Hall–Kier alpha value is -2.11. The largest absolute Gasteiger partial charge is 0.460 e. The average molecular weight is 277 g/mol. The lowest BCUT2D eigenvalue weighted by molar-refractivity contribution is 0.0489. The highest BCUT2D eigenvalue weighted by Gasteiger charge is 2.23. The van der Waals surface area contributed by atoms with Crippen LogP contribution in [0.2, 0.25) is 0 Å². The molecule has 0 aromatic carbocycles. The summed E-state index contributed by atoms with van der Waals surface area (Å²) >= 11 is 0. The second-order valence-corrected chi connectivity index (χ2v) is 4.99. The fourth-order valence-electron chi connectivity index (χ4n) is 1.87. The van der Waals surface area contributed by atoms with Gasteiger partial charge in [0.2, 0.25) is 11.7 Å². The van der Waals surface area contributed by atoms with Crippen molar-refractivity contribution in [2.45, 2.75) is 27.2 Å². The van der Waals surface area contributed by atoms with E-state index in [1.54, 1.807) is 23.9 Å². The van der Waals surface area contributed by atoms with Crippen LogP contribution in [0.4, 0.5) is 0 Å². The number of carbonyl (C=O) groups excluding carboxylic acids is 1. The second kappa shape index (κ2) is 5.90. The summed E-state index contributed by atoms with van der Waals surface area (Å²) in [5, 5.41) is 4.23. The molecule has 0 radical (unpaired) electrons. The van der Waals surface area contributed by atoms with E-state index in [0.717, 1.165) is 0 Å². The number of esters is 1. The van der Waals surface area contributed by atoms with Gasteiger partial charge in [0.25, 0.3) is 0 Å². The van der Waals surface area contributed by atoms with Gasteiger partial charge in [-0.25, -0.2) is 9.78 Å². The Labute approximate surface area is 117 Å². The van der Waals surface area contributed by atoms with Crippen molar-refractivity contribution in [3.8, 4) is 11.6 Å². The monoisotopic (exact) mass is 277 g/mol. The number of hydrogen-bond acceptors (Lipinski definition) is 5. The Morgan fingerprint density at radius 2 is 2.25 bits per heavy atom. The number of oxazole rings is 1. The number of carbonyl (C=O) groups is 1. The Morgan fingerprint density at radius 1 is 1.50 bits per heavy atom. The fraction of sp³-hybridized carbons (Fsp3) is 0.500. The molecule has 0 fully saturated rings. The molecule has 6 nitrogen and oxygen atoms in total. The number of rotatable bonds is 5. The van der Waals surface area contributed by atoms with Crippen molar-refractivity contribution in [1.29, 1.82) is 0 Å². The summed E-state index contributed by atoms with van der Waals surface area (Å²) in [6.07, 6.45) is 2.45. The van der Waals surface area contributed by atoms with E-state index in [2.05, 4.69) is 23.9 Å². The topological polar surface area (TPSA) is 70.2 Å².